The molecule has 0 fully saturated rings. The molecule has 9 heteroatoms. The van der Waals surface area contributed by atoms with E-state index in [9.17, 15) is 4.79 Å². The predicted molar refractivity (Wildman–Crippen MR) is 135 cm³/mol. The van der Waals surface area contributed by atoms with Gasteiger partial charge < -0.3 is 14.4 Å². The molecular weight excluding hydrogens is 527 g/mol. The van der Waals surface area contributed by atoms with E-state index in [1.807, 2.05) is 49.3 Å². The highest BCUT2D eigenvalue weighted by Gasteiger charge is 2.18. The Kier molecular flexibility index (Phi) is 16.0. The molecule has 1 aliphatic heterocycles. The van der Waals surface area contributed by atoms with Crippen LogP contribution < -0.4 is 0 Å². The molecule has 0 saturated carbocycles. The smallest absolute Gasteiger partial charge is 0.209 e. The first kappa shape index (κ1) is 27.4. The monoisotopic (exact) mass is 560 g/mol. The molecule has 1 amide bonds. The topological polar surface area (TPSA) is 66.7 Å². The molecule has 0 aromatic heterocycles. The highest BCUT2D eigenvalue weighted by molar-refractivity contribution is 14.2. The van der Waals surface area contributed by atoms with Gasteiger partial charge in [0.15, 0.2) is 6.79 Å². The second kappa shape index (κ2) is 18.0. The van der Waals surface area contributed by atoms with Crippen LogP contribution in [0.4, 0.5) is 0 Å². The van der Waals surface area contributed by atoms with E-state index in [0.717, 1.165) is 29.7 Å². The Bertz CT molecular complexity index is 689. The van der Waals surface area contributed by atoms with Crippen molar-refractivity contribution in [1.82, 2.24) is 9.91 Å². The summed E-state index contributed by atoms with van der Waals surface area (Å²) in [4.78, 5) is 12.7. The van der Waals surface area contributed by atoms with Crippen molar-refractivity contribution in [3.05, 3.63) is 60.0 Å². The maximum atomic E-state index is 11.1. The molecule has 1 unspecified atom stereocenters. The molecule has 31 heavy (non-hydrogen) atoms. The second-order valence-corrected chi connectivity index (χ2v) is 9.01. The van der Waals surface area contributed by atoms with Crippen molar-refractivity contribution < 1.29 is 14.3 Å². The third-order valence-electron chi connectivity index (χ3n) is 4.14. The molecule has 1 heterocycles. The molecule has 0 radical (unpaired) electrons. The predicted octanol–water partition coefficient (Wildman–Crippen LogP) is 5.46. The summed E-state index contributed by atoms with van der Waals surface area (Å²) >= 11 is 2.28. The van der Waals surface area contributed by atoms with Gasteiger partial charge in [0.2, 0.25) is 6.41 Å². The summed E-state index contributed by atoms with van der Waals surface area (Å²) in [5, 5.41) is 10.3. The van der Waals surface area contributed by atoms with Crippen molar-refractivity contribution in [2.75, 3.05) is 39.3 Å². The molecule has 172 valence electrons. The molecule has 1 aliphatic rings. The van der Waals surface area contributed by atoms with Gasteiger partial charge in [0.25, 0.3) is 0 Å². The van der Waals surface area contributed by atoms with Crippen LogP contribution in [0.2, 0.25) is 0 Å². The summed E-state index contributed by atoms with van der Waals surface area (Å²) in [5.74, 6) is 1.05. The average molecular weight is 561 g/mol. The fraction of sp³-hybridized carbons (Fsp3) is 0.500. The summed E-state index contributed by atoms with van der Waals surface area (Å²) in [6.45, 7) is 6.58. The normalized spacial score (nSPS) is 13.9. The summed E-state index contributed by atoms with van der Waals surface area (Å²) in [5.41, 5.74) is 2.23. The number of nitrogens with zero attached hydrogens (tertiary/aromatic N) is 4. The lowest BCUT2D eigenvalue weighted by Gasteiger charge is -2.25. The summed E-state index contributed by atoms with van der Waals surface area (Å²) in [6, 6.07) is 10.1. The minimum atomic E-state index is -0.0156. The summed E-state index contributed by atoms with van der Waals surface area (Å²) in [6.07, 6.45) is 7.42. The molecule has 0 spiro atoms. The van der Waals surface area contributed by atoms with Crippen LogP contribution in [-0.4, -0.2) is 55.6 Å². The van der Waals surface area contributed by atoms with Gasteiger partial charge in [-0.25, -0.2) is 0 Å². The first-order chi connectivity index (χ1) is 15.2. The fourth-order valence-corrected chi connectivity index (χ4v) is 3.84. The standard InChI is InChI=1S/C20H27IN4O3S.C2H6/c1-24(16-26)14-19(8-10-28-17-27-9-5-11-29-21)20-12-22-23-25(15-20)13-18-6-3-2-4-7-18;1-2/h2-4,6-8,10,15-16,19H,5,9,11-14,17H2,1H3;1-2H3/b10-8+;. The van der Waals surface area contributed by atoms with Crippen molar-refractivity contribution in [2.24, 2.45) is 16.3 Å². The Balaban J connectivity index is 0.00000233. The molecule has 1 aromatic carbocycles. The SMILES string of the molecule is CC.CN(C=O)CC(/C=C/OCOCCCSI)C1=CN(Cc2ccccc2)N=NC1. The zero-order chi connectivity index (χ0) is 22.7. The van der Waals surface area contributed by atoms with Gasteiger partial charge in [-0.1, -0.05) is 58.3 Å². The number of carbonyl (C=O) groups is 1. The van der Waals surface area contributed by atoms with Gasteiger partial charge in [0.1, 0.15) is 0 Å². The number of ether oxygens (including phenoxy) is 2. The van der Waals surface area contributed by atoms with Crippen LogP contribution in [0, 0.1) is 5.92 Å². The summed E-state index contributed by atoms with van der Waals surface area (Å²) < 4.78 is 10.9. The molecule has 7 nitrogen and oxygen atoms in total. The van der Waals surface area contributed by atoms with E-state index in [-0.39, 0.29) is 12.7 Å². The van der Waals surface area contributed by atoms with Crippen molar-refractivity contribution in [3.8, 4) is 0 Å². The fourth-order valence-electron chi connectivity index (χ4n) is 2.68. The summed E-state index contributed by atoms with van der Waals surface area (Å²) in [7, 11) is 3.53. The highest BCUT2D eigenvalue weighted by Crippen LogP contribution is 2.21. The maximum absolute atomic E-state index is 11.1. The molecule has 2 rings (SSSR count). The Morgan fingerprint density at radius 1 is 1.32 bits per heavy atom. The lowest BCUT2D eigenvalue weighted by atomic mass is 9.99. The number of carbonyl (C=O) groups excluding carboxylic acids is 1. The average Bonchev–Trinajstić information content (AvgIpc) is 2.82. The Labute approximate surface area is 202 Å². The first-order valence-electron chi connectivity index (χ1n) is 10.4. The lowest BCUT2D eigenvalue weighted by Crippen LogP contribution is -2.27. The number of amides is 1. The molecule has 0 aliphatic carbocycles. The van der Waals surface area contributed by atoms with Crippen molar-refractivity contribution >= 4 is 36.5 Å². The van der Waals surface area contributed by atoms with Gasteiger partial charge in [-0.05, 0) is 44.8 Å². The Morgan fingerprint density at radius 2 is 2.10 bits per heavy atom. The van der Waals surface area contributed by atoms with Gasteiger partial charge in [0.05, 0.1) is 26.0 Å². The van der Waals surface area contributed by atoms with Gasteiger partial charge in [0, 0.05) is 31.5 Å². The van der Waals surface area contributed by atoms with Crippen molar-refractivity contribution in [3.63, 3.8) is 0 Å². The maximum Gasteiger partial charge on any atom is 0.209 e. The quantitative estimate of drug-likeness (QED) is 0.0994. The largest absolute Gasteiger partial charge is 0.475 e. The van der Waals surface area contributed by atoms with E-state index in [1.165, 1.54) is 0 Å². The Morgan fingerprint density at radius 3 is 2.81 bits per heavy atom. The van der Waals surface area contributed by atoms with Crippen LogP contribution in [-0.2, 0) is 20.8 Å². The highest BCUT2D eigenvalue weighted by atomic mass is 127. The van der Waals surface area contributed by atoms with Crippen LogP contribution >= 0.6 is 30.1 Å². The minimum Gasteiger partial charge on any atom is -0.475 e. The van der Waals surface area contributed by atoms with Gasteiger partial charge in [-0.15, -0.1) is 0 Å². The third kappa shape index (κ3) is 12.1. The van der Waals surface area contributed by atoms with E-state index in [2.05, 4.69) is 43.7 Å². The van der Waals surface area contributed by atoms with E-state index >= 15 is 0 Å². The number of benzene rings is 1. The molecule has 1 aromatic rings. The first-order valence-corrected chi connectivity index (χ1v) is 13.9. The second-order valence-electron chi connectivity index (χ2n) is 6.52. The molecule has 0 N–H and O–H groups in total. The van der Waals surface area contributed by atoms with Crippen LogP contribution in [0.3, 0.4) is 0 Å². The lowest BCUT2D eigenvalue weighted by molar-refractivity contribution is -0.117. The minimum absolute atomic E-state index is 0.0156. The molecule has 0 bridgehead atoms. The van der Waals surface area contributed by atoms with Crippen LogP contribution in [0.15, 0.2) is 64.8 Å². The van der Waals surface area contributed by atoms with Crippen LogP contribution in [0.5, 0.6) is 0 Å². The van der Waals surface area contributed by atoms with Crippen molar-refractivity contribution in [1.29, 1.82) is 0 Å². The van der Waals surface area contributed by atoms with E-state index in [1.54, 1.807) is 27.1 Å². The van der Waals surface area contributed by atoms with Crippen LogP contribution in [0.1, 0.15) is 25.8 Å². The van der Waals surface area contributed by atoms with Gasteiger partial charge in [-0.2, -0.15) is 5.11 Å². The number of hydrogen-bond acceptors (Lipinski definition) is 7. The number of rotatable bonds is 14. The van der Waals surface area contributed by atoms with Gasteiger partial charge in [-0.3, -0.25) is 9.80 Å². The molecule has 0 saturated heterocycles. The molecule has 1 atom stereocenters. The Hall–Kier alpha value is -1.59. The van der Waals surface area contributed by atoms with E-state index in [0.29, 0.717) is 26.2 Å². The van der Waals surface area contributed by atoms with Crippen molar-refractivity contribution in [2.45, 2.75) is 26.8 Å². The zero-order valence-corrected chi connectivity index (χ0v) is 21.5. The van der Waals surface area contributed by atoms with Crippen LogP contribution in [0.25, 0.3) is 0 Å². The zero-order valence-electron chi connectivity index (χ0n) is 18.5. The number of hydrogen-bond donors (Lipinski definition) is 0. The van der Waals surface area contributed by atoms with E-state index < -0.39 is 0 Å². The molecular formula is C22H33IN4O3S. The van der Waals surface area contributed by atoms with Gasteiger partial charge >= 0.3 is 0 Å². The van der Waals surface area contributed by atoms with E-state index in [4.69, 9.17) is 9.47 Å². The third-order valence-corrected chi connectivity index (χ3v) is 5.91. The number of halogens is 1.